The second-order valence-corrected chi connectivity index (χ2v) is 12.6. The highest BCUT2D eigenvalue weighted by Crippen LogP contribution is 2.33. The fraction of sp³-hybridized carbons (Fsp3) is 0.235. The second kappa shape index (κ2) is 14.4. The van der Waals surface area contributed by atoms with Gasteiger partial charge in [0.2, 0.25) is 11.8 Å². The normalized spacial score (nSPS) is 12.4. The first-order chi connectivity index (χ1) is 21.4. The van der Waals surface area contributed by atoms with Crippen LogP contribution in [0.4, 0.5) is 18.9 Å². The average Bonchev–Trinajstić information content (AvgIpc) is 3.02. The molecule has 0 unspecified atom stereocenters. The molecule has 0 aliphatic heterocycles. The van der Waals surface area contributed by atoms with Crippen LogP contribution < -0.4 is 9.62 Å². The van der Waals surface area contributed by atoms with E-state index in [1.807, 2.05) is 18.2 Å². The Hall–Kier alpha value is -4.64. The number of alkyl halides is 3. The molecule has 2 amide bonds. The third-order valence-corrected chi connectivity index (χ3v) is 8.76. The highest BCUT2D eigenvalue weighted by Gasteiger charge is 2.36. The Morgan fingerprint density at radius 3 is 1.89 bits per heavy atom. The van der Waals surface area contributed by atoms with Crippen molar-refractivity contribution in [3.05, 3.63) is 132 Å². The summed E-state index contributed by atoms with van der Waals surface area (Å²) in [7, 11) is -4.52. The smallest absolute Gasteiger partial charge is 0.352 e. The number of carbonyl (C=O) groups is 2. The van der Waals surface area contributed by atoms with Gasteiger partial charge in [0.1, 0.15) is 12.6 Å². The Labute approximate surface area is 261 Å². The summed E-state index contributed by atoms with van der Waals surface area (Å²) in [6.45, 7) is 2.65. The van der Waals surface area contributed by atoms with Crippen LogP contribution in [0.1, 0.15) is 30.5 Å². The number of sulfonamides is 1. The number of nitrogens with zero attached hydrogens (tertiary/aromatic N) is 2. The minimum absolute atomic E-state index is 0.0511. The first kappa shape index (κ1) is 33.3. The Bertz CT molecular complexity index is 1680. The van der Waals surface area contributed by atoms with Crippen molar-refractivity contribution in [2.75, 3.05) is 10.8 Å². The maximum absolute atomic E-state index is 14.3. The van der Waals surface area contributed by atoms with Crippen LogP contribution in [0.2, 0.25) is 0 Å². The lowest BCUT2D eigenvalue weighted by Gasteiger charge is -2.34. The van der Waals surface area contributed by atoms with E-state index in [0.717, 1.165) is 17.7 Å². The van der Waals surface area contributed by atoms with E-state index in [0.29, 0.717) is 15.9 Å². The van der Waals surface area contributed by atoms with Crippen molar-refractivity contribution in [1.82, 2.24) is 10.2 Å². The molecule has 11 heteroatoms. The highest BCUT2D eigenvalue weighted by atomic mass is 32.2. The Kier molecular flexibility index (Phi) is 10.7. The molecule has 236 valence electrons. The van der Waals surface area contributed by atoms with Gasteiger partial charge in [-0.25, -0.2) is 8.42 Å². The predicted molar refractivity (Wildman–Crippen MR) is 167 cm³/mol. The minimum Gasteiger partial charge on any atom is -0.352 e. The molecule has 7 nitrogen and oxygen atoms in total. The third-order valence-electron chi connectivity index (χ3n) is 6.97. The summed E-state index contributed by atoms with van der Waals surface area (Å²) < 4.78 is 69.7. The summed E-state index contributed by atoms with van der Waals surface area (Å²) in [5.74, 6) is -1.22. The number of nitrogens with one attached hydrogen (secondary N) is 1. The van der Waals surface area contributed by atoms with Gasteiger partial charge in [-0.15, -0.1) is 0 Å². The number of benzene rings is 4. The van der Waals surface area contributed by atoms with Crippen molar-refractivity contribution in [2.24, 2.45) is 0 Å². The van der Waals surface area contributed by atoms with E-state index in [4.69, 9.17) is 0 Å². The Morgan fingerprint density at radius 1 is 0.778 bits per heavy atom. The number of rotatable bonds is 12. The van der Waals surface area contributed by atoms with Crippen molar-refractivity contribution >= 4 is 27.5 Å². The van der Waals surface area contributed by atoms with Crippen LogP contribution in [0, 0.1) is 0 Å². The molecular formula is C34H34F3N3O4S. The average molecular weight is 638 g/mol. The van der Waals surface area contributed by atoms with Crippen molar-refractivity contribution in [1.29, 1.82) is 0 Å². The topological polar surface area (TPSA) is 86.8 Å². The maximum atomic E-state index is 14.3. The van der Waals surface area contributed by atoms with E-state index in [9.17, 15) is 31.2 Å². The maximum Gasteiger partial charge on any atom is 0.416 e. The summed E-state index contributed by atoms with van der Waals surface area (Å²) in [5, 5.41) is 2.86. The van der Waals surface area contributed by atoms with Crippen LogP contribution in [-0.2, 0) is 38.8 Å². The van der Waals surface area contributed by atoms with Crippen LogP contribution in [0.25, 0.3) is 0 Å². The van der Waals surface area contributed by atoms with Gasteiger partial charge in [-0.1, -0.05) is 84.9 Å². The summed E-state index contributed by atoms with van der Waals surface area (Å²) in [6, 6.07) is 27.6. The quantitative estimate of drug-likeness (QED) is 0.205. The van der Waals surface area contributed by atoms with Gasteiger partial charge in [0.05, 0.1) is 16.1 Å². The zero-order valence-electron chi connectivity index (χ0n) is 24.8. The number of hydrogen-bond acceptors (Lipinski definition) is 4. The molecule has 0 saturated carbocycles. The van der Waals surface area contributed by atoms with E-state index in [1.165, 1.54) is 35.2 Å². The van der Waals surface area contributed by atoms with Gasteiger partial charge < -0.3 is 10.2 Å². The van der Waals surface area contributed by atoms with E-state index in [1.54, 1.807) is 62.4 Å². The molecule has 0 fully saturated rings. The third kappa shape index (κ3) is 8.72. The lowest BCUT2D eigenvalue weighted by atomic mass is 10.0. The molecule has 0 radical (unpaired) electrons. The van der Waals surface area contributed by atoms with Crippen LogP contribution in [0.3, 0.4) is 0 Å². The second-order valence-electron chi connectivity index (χ2n) is 10.7. The lowest BCUT2D eigenvalue weighted by molar-refractivity contribution is -0.140. The largest absolute Gasteiger partial charge is 0.416 e. The molecule has 45 heavy (non-hydrogen) atoms. The Balaban J connectivity index is 1.82. The molecular weight excluding hydrogens is 603 g/mol. The summed E-state index contributed by atoms with van der Waals surface area (Å²) in [6.07, 6.45) is -4.63. The SMILES string of the molecule is CC(C)NC(=O)[C@H](Cc1ccccc1)N(Cc1ccccc1)C(=O)CN(c1cccc(C(F)(F)F)c1)S(=O)(=O)c1ccccc1. The van der Waals surface area contributed by atoms with Crippen LogP contribution in [0.5, 0.6) is 0 Å². The first-order valence-electron chi connectivity index (χ1n) is 14.3. The van der Waals surface area contributed by atoms with E-state index < -0.39 is 46.2 Å². The summed E-state index contributed by atoms with van der Waals surface area (Å²) >= 11 is 0. The summed E-state index contributed by atoms with van der Waals surface area (Å²) in [5.41, 5.74) is 0.0322. The van der Waals surface area contributed by atoms with E-state index in [-0.39, 0.29) is 29.6 Å². The lowest BCUT2D eigenvalue weighted by Crippen LogP contribution is -2.54. The molecule has 4 aromatic carbocycles. The molecule has 0 aromatic heterocycles. The molecule has 4 rings (SSSR count). The fourth-order valence-electron chi connectivity index (χ4n) is 4.80. The number of anilines is 1. The zero-order chi connectivity index (χ0) is 32.6. The minimum atomic E-state index is -4.75. The molecule has 0 bridgehead atoms. The molecule has 0 heterocycles. The monoisotopic (exact) mass is 637 g/mol. The fourth-order valence-corrected chi connectivity index (χ4v) is 6.23. The van der Waals surface area contributed by atoms with Gasteiger partial charge in [-0.3, -0.25) is 13.9 Å². The standard InChI is InChI=1S/C34H34F3N3O4S/c1-25(2)38-33(42)31(21-26-13-6-3-7-14-26)39(23-27-15-8-4-9-16-27)32(41)24-40(45(43,44)30-19-10-5-11-20-30)29-18-12-17-28(22-29)34(35,36)37/h3-20,22,25,31H,21,23-24H2,1-2H3,(H,38,42)/t31-/m0/s1. The first-order valence-corrected chi connectivity index (χ1v) is 15.7. The van der Waals surface area contributed by atoms with Crippen LogP contribution in [-0.4, -0.2) is 43.8 Å². The molecule has 1 N–H and O–H groups in total. The van der Waals surface area contributed by atoms with Gasteiger partial charge in [-0.2, -0.15) is 13.2 Å². The zero-order valence-corrected chi connectivity index (χ0v) is 25.6. The molecule has 0 spiro atoms. The van der Waals surface area contributed by atoms with Gasteiger partial charge in [0.15, 0.2) is 0 Å². The Morgan fingerprint density at radius 2 is 1.33 bits per heavy atom. The number of amides is 2. The molecule has 4 aromatic rings. The molecule has 0 aliphatic rings. The predicted octanol–water partition coefficient (Wildman–Crippen LogP) is 6.07. The molecule has 0 saturated heterocycles. The van der Waals surface area contributed by atoms with Crippen molar-refractivity contribution in [3.8, 4) is 0 Å². The number of carbonyl (C=O) groups excluding carboxylic acids is 2. The van der Waals surface area contributed by atoms with Crippen LogP contribution >= 0.6 is 0 Å². The van der Waals surface area contributed by atoms with Gasteiger partial charge in [-0.05, 0) is 55.3 Å². The van der Waals surface area contributed by atoms with Crippen molar-refractivity contribution in [2.45, 2.75) is 50.0 Å². The van der Waals surface area contributed by atoms with Crippen molar-refractivity contribution in [3.63, 3.8) is 0 Å². The van der Waals surface area contributed by atoms with E-state index >= 15 is 0 Å². The van der Waals surface area contributed by atoms with E-state index in [2.05, 4.69) is 5.32 Å². The highest BCUT2D eigenvalue weighted by molar-refractivity contribution is 7.92. The number of halogens is 3. The van der Waals surface area contributed by atoms with Crippen LogP contribution in [0.15, 0.2) is 120 Å². The summed E-state index contributed by atoms with van der Waals surface area (Å²) in [4.78, 5) is 29.1. The van der Waals surface area contributed by atoms with Gasteiger partial charge in [0, 0.05) is 19.0 Å². The van der Waals surface area contributed by atoms with Gasteiger partial charge >= 0.3 is 6.18 Å². The van der Waals surface area contributed by atoms with Crippen molar-refractivity contribution < 1.29 is 31.2 Å². The molecule has 1 atom stereocenters. The molecule has 0 aliphatic carbocycles. The van der Waals surface area contributed by atoms with Gasteiger partial charge in [0.25, 0.3) is 10.0 Å². The number of hydrogen-bond donors (Lipinski definition) is 1.